The van der Waals surface area contributed by atoms with Crippen molar-refractivity contribution in [1.82, 2.24) is 9.80 Å². The minimum atomic E-state index is -0.846. The Morgan fingerprint density at radius 2 is 1.70 bits per heavy atom. The second-order valence-corrected chi connectivity index (χ2v) is 7.46. The smallest absolute Gasteiger partial charge is 0.408 e. The maximum atomic E-state index is 12.0. The van der Waals surface area contributed by atoms with E-state index < -0.39 is 11.6 Å². The summed E-state index contributed by atoms with van der Waals surface area (Å²) in [5.41, 5.74) is 0.645. The van der Waals surface area contributed by atoms with Crippen LogP contribution in [0.5, 0.6) is 0 Å². The van der Waals surface area contributed by atoms with Gasteiger partial charge in [-0.2, -0.15) is 0 Å². The van der Waals surface area contributed by atoms with Crippen LogP contribution in [-0.2, 0) is 0 Å². The molecule has 1 amide bonds. The summed E-state index contributed by atoms with van der Waals surface area (Å²) in [5.74, 6) is 0. The van der Waals surface area contributed by atoms with Crippen molar-refractivity contribution < 1.29 is 9.90 Å². The highest BCUT2D eigenvalue weighted by atomic mass is 16.4. The van der Waals surface area contributed by atoms with Gasteiger partial charge in [0.1, 0.15) is 0 Å². The molecular weight excluding hydrogens is 288 g/mol. The van der Waals surface area contributed by atoms with E-state index in [2.05, 4.69) is 4.90 Å². The van der Waals surface area contributed by atoms with E-state index in [0.717, 1.165) is 25.2 Å². The lowest BCUT2D eigenvalue weighted by molar-refractivity contribution is 0.0543. The predicted molar refractivity (Wildman–Crippen MR) is 93.7 cm³/mol. The molecule has 4 nitrogen and oxygen atoms in total. The maximum absolute atomic E-state index is 12.0. The van der Waals surface area contributed by atoms with E-state index in [4.69, 9.17) is 0 Å². The van der Waals surface area contributed by atoms with Gasteiger partial charge in [0.15, 0.2) is 0 Å². The Labute approximate surface area is 140 Å². The SMILES string of the molecule is CC(C)(C)N(C(=O)O)C(CN1CCCCCC1)c1ccccc1. The molecule has 1 aromatic rings. The van der Waals surface area contributed by atoms with Crippen molar-refractivity contribution in [2.24, 2.45) is 0 Å². The Bertz CT molecular complexity index is 488. The Morgan fingerprint density at radius 3 is 2.17 bits per heavy atom. The molecule has 4 heteroatoms. The third kappa shape index (κ3) is 4.96. The zero-order valence-electron chi connectivity index (χ0n) is 14.7. The third-order valence-electron chi connectivity index (χ3n) is 4.55. The first kappa shape index (κ1) is 17.8. The fourth-order valence-corrected chi connectivity index (χ4v) is 3.46. The highest BCUT2D eigenvalue weighted by molar-refractivity contribution is 5.67. The molecule has 0 radical (unpaired) electrons. The average Bonchev–Trinajstić information content (AvgIpc) is 2.74. The monoisotopic (exact) mass is 318 g/mol. The Kier molecular flexibility index (Phi) is 6.05. The number of hydrogen-bond donors (Lipinski definition) is 1. The minimum Gasteiger partial charge on any atom is -0.465 e. The molecule has 128 valence electrons. The first-order chi connectivity index (χ1) is 10.9. The molecule has 1 aliphatic rings. The van der Waals surface area contributed by atoms with Gasteiger partial charge in [0.05, 0.1) is 6.04 Å². The number of benzene rings is 1. The van der Waals surface area contributed by atoms with Crippen molar-refractivity contribution in [1.29, 1.82) is 0 Å². The van der Waals surface area contributed by atoms with Crippen LogP contribution in [0.4, 0.5) is 4.79 Å². The molecule has 1 fully saturated rings. The fourth-order valence-electron chi connectivity index (χ4n) is 3.46. The molecule has 2 rings (SSSR count). The summed E-state index contributed by atoms with van der Waals surface area (Å²) < 4.78 is 0. The van der Waals surface area contributed by atoms with E-state index in [0.29, 0.717) is 0 Å². The average molecular weight is 318 g/mol. The number of likely N-dealkylation sites (tertiary alicyclic amines) is 1. The topological polar surface area (TPSA) is 43.8 Å². The van der Waals surface area contributed by atoms with Crippen molar-refractivity contribution >= 4 is 6.09 Å². The summed E-state index contributed by atoms with van der Waals surface area (Å²) in [4.78, 5) is 16.0. The molecule has 23 heavy (non-hydrogen) atoms. The maximum Gasteiger partial charge on any atom is 0.408 e. The van der Waals surface area contributed by atoms with Crippen LogP contribution in [-0.4, -0.2) is 46.2 Å². The van der Waals surface area contributed by atoms with E-state index in [-0.39, 0.29) is 6.04 Å². The van der Waals surface area contributed by atoms with Crippen molar-refractivity contribution in [2.75, 3.05) is 19.6 Å². The van der Waals surface area contributed by atoms with Crippen molar-refractivity contribution in [2.45, 2.75) is 58.0 Å². The first-order valence-electron chi connectivity index (χ1n) is 8.69. The lowest BCUT2D eigenvalue weighted by Crippen LogP contribution is -2.50. The highest BCUT2D eigenvalue weighted by Gasteiger charge is 2.35. The van der Waals surface area contributed by atoms with E-state index in [1.807, 2.05) is 51.1 Å². The molecule has 0 aliphatic carbocycles. The third-order valence-corrected chi connectivity index (χ3v) is 4.55. The van der Waals surface area contributed by atoms with Crippen molar-refractivity contribution in [3.05, 3.63) is 35.9 Å². The van der Waals surface area contributed by atoms with Crippen LogP contribution < -0.4 is 0 Å². The number of amides is 1. The lowest BCUT2D eigenvalue weighted by Gasteiger charge is -2.41. The van der Waals surface area contributed by atoms with Crippen molar-refractivity contribution in [3.63, 3.8) is 0 Å². The van der Waals surface area contributed by atoms with Gasteiger partial charge in [0, 0.05) is 12.1 Å². The molecule has 1 N–H and O–H groups in total. The van der Waals surface area contributed by atoms with Gasteiger partial charge in [-0.25, -0.2) is 4.79 Å². The molecule has 1 heterocycles. The number of carboxylic acid groups (broad SMARTS) is 1. The summed E-state index contributed by atoms with van der Waals surface area (Å²) in [6.45, 7) is 8.83. The zero-order chi connectivity index (χ0) is 16.9. The van der Waals surface area contributed by atoms with Crippen molar-refractivity contribution in [3.8, 4) is 0 Å². The van der Waals surface area contributed by atoms with E-state index >= 15 is 0 Å². The lowest BCUT2D eigenvalue weighted by atomic mass is 9.98. The second kappa shape index (κ2) is 7.82. The quantitative estimate of drug-likeness (QED) is 0.896. The molecule has 0 saturated carbocycles. The van der Waals surface area contributed by atoms with Crippen LogP contribution in [0.15, 0.2) is 30.3 Å². The van der Waals surface area contributed by atoms with Crippen LogP contribution in [0.2, 0.25) is 0 Å². The van der Waals surface area contributed by atoms with Gasteiger partial charge in [0.25, 0.3) is 0 Å². The molecule has 0 bridgehead atoms. The minimum absolute atomic E-state index is 0.133. The van der Waals surface area contributed by atoms with Gasteiger partial charge in [-0.3, -0.25) is 4.90 Å². The highest BCUT2D eigenvalue weighted by Crippen LogP contribution is 2.30. The van der Waals surface area contributed by atoms with Crippen LogP contribution in [0.3, 0.4) is 0 Å². The van der Waals surface area contributed by atoms with Crippen LogP contribution in [0, 0.1) is 0 Å². The van der Waals surface area contributed by atoms with E-state index in [9.17, 15) is 9.90 Å². The zero-order valence-corrected chi connectivity index (χ0v) is 14.7. The van der Waals surface area contributed by atoms with E-state index in [1.54, 1.807) is 4.90 Å². The summed E-state index contributed by atoms with van der Waals surface area (Å²) in [5, 5.41) is 9.83. The second-order valence-electron chi connectivity index (χ2n) is 7.46. The summed E-state index contributed by atoms with van der Waals surface area (Å²) in [6.07, 6.45) is 4.15. The molecule has 1 aliphatic heterocycles. The summed E-state index contributed by atoms with van der Waals surface area (Å²) >= 11 is 0. The standard InChI is InChI=1S/C19H30N2O2/c1-19(2,3)21(18(22)23)17(16-11-7-6-8-12-16)15-20-13-9-4-5-10-14-20/h6-8,11-12,17H,4-5,9-10,13-15H2,1-3H3,(H,22,23). The van der Waals surface area contributed by atoms with Gasteiger partial charge in [-0.05, 0) is 52.3 Å². The van der Waals surface area contributed by atoms with Crippen LogP contribution in [0.25, 0.3) is 0 Å². The molecular formula is C19H30N2O2. The first-order valence-corrected chi connectivity index (χ1v) is 8.69. The number of carbonyl (C=O) groups is 1. The molecule has 1 unspecified atom stereocenters. The molecule has 1 saturated heterocycles. The van der Waals surface area contributed by atoms with Gasteiger partial charge in [-0.15, -0.1) is 0 Å². The summed E-state index contributed by atoms with van der Waals surface area (Å²) in [6, 6.07) is 9.93. The largest absolute Gasteiger partial charge is 0.465 e. The molecule has 1 atom stereocenters. The Hall–Kier alpha value is -1.55. The van der Waals surface area contributed by atoms with Gasteiger partial charge in [-0.1, -0.05) is 43.2 Å². The molecule has 1 aromatic carbocycles. The number of rotatable bonds is 4. The Balaban J connectivity index is 2.29. The van der Waals surface area contributed by atoms with Crippen LogP contribution >= 0.6 is 0 Å². The summed E-state index contributed by atoms with van der Waals surface area (Å²) in [7, 11) is 0. The van der Waals surface area contributed by atoms with Gasteiger partial charge < -0.3 is 10.0 Å². The number of hydrogen-bond acceptors (Lipinski definition) is 2. The normalized spacial score (nSPS) is 18.2. The van der Waals surface area contributed by atoms with Crippen LogP contribution in [0.1, 0.15) is 58.1 Å². The predicted octanol–water partition coefficient (Wildman–Crippen LogP) is 4.38. The molecule has 0 aromatic heterocycles. The van der Waals surface area contributed by atoms with Gasteiger partial charge in [0.2, 0.25) is 0 Å². The fraction of sp³-hybridized carbons (Fsp3) is 0.632. The molecule has 0 spiro atoms. The van der Waals surface area contributed by atoms with Gasteiger partial charge >= 0.3 is 6.09 Å². The van der Waals surface area contributed by atoms with E-state index in [1.165, 1.54) is 25.7 Å². The number of nitrogens with zero attached hydrogens (tertiary/aromatic N) is 2. The Morgan fingerprint density at radius 1 is 1.13 bits per heavy atom.